The van der Waals surface area contributed by atoms with Gasteiger partial charge in [-0.1, -0.05) is 18.2 Å². The van der Waals surface area contributed by atoms with Gasteiger partial charge in [0.2, 0.25) is 0 Å². The van der Waals surface area contributed by atoms with Crippen molar-refractivity contribution in [1.29, 1.82) is 0 Å². The van der Waals surface area contributed by atoms with Crippen molar-refractivity contribution in [2.75, 3.05) is 12.3 Å². The molecule has 104 valence electrons. The SMILES string of the molecule is Nc1ccc(F)cc1C(O)c1cccc2c1OCCC2. The number of para-hydroxylation sites is 1. The number of fused-ring (bicyclic) bond motifs is 1. The molecule has 1 aliphatic rings. The zero-order valence-corrected chi connectivity index (χ0v) is 11.0. The fourth-order valence-corrected chi connectivity index (χ4v) is 2.58. The van der Waals surface area contributed by atoms with Gasteiger partial charge >= 0.3 is 0 Å². The Balaban J connectivity index is 2.06. The number of anilines is 1. The highest BCUT2D eigenvalue weighted by Crippen LogP contribution is 2.37. The van der Waals surface area contributed by atoms with Gasteiger partial charge in [0.25, 0.3) is 0 Å². The van der Waals surface area contributed by atoms with E-state index >= 15 is 0 Å². The maximum Gasteiger partial charge on any atom is 0.128 e. The Morgan fingerprint density at radius 3 is 2.90 bits per heavy atom. The van der Waals surface area contributed by atoms with Crippen LogP contribution in [0.2, 0.25) is 0 Å². The number of benzene rings is 2. The summed E-state index contributed by atoms with van der Waals surface area (Å²) in [6.07, 6.45) is 0.905. The summed E-state index contributed by atoms with van der Waals surface area (Å²) >= 11 is 0. The van der Waals surface area contributed by atoms with Gasteiger partial charge in [0.1, 0.15) is 17.7 Å². The summed E-state index contributed by atoms with van der Waals surface area (Å²) in [7, 11) is 0. The van der Waals surface area contributed by atoms with Crippen molar-refractivity contribution >= 4 is 5.69 Å². The predicted octanol–water partition coefficient (Wildman–Crippen LogP) is 2.81. The molecule has 1 atom stereocenters. The predicted molar refractivity (Wildman–Crippen MR) is 75.1 cm³/mol. The second-order valence-corrected chi connectivity index (χ2v) is 4.96. The number of aliphatic hydroxyl groups excluding tert-OH is 1. The summed E-state index contributed by atoms with van der Waals surface area (Å²) in [6.45, 7) is 0.634. The van der Waals surface area contributed by atoms with Crippen molar-refractivity contribution in [2.45, 2.75) is 18.9 Å². The molecule has 2 aromatic carbocycles. The molecule has 0 spiro atoms. The van der Waals surface area contributed by atoms with Crippen LogP contribution in [-0.2, 0) is 6.42 Å². The Kier molecular flexibility index (Phi) is 3.32. The smallest absolute Gasteiger partial charge is 0.128 e. The van der Waals surface area contributed by atoms with E-state index in [0.717, 1.165) is 18.4 Å². The minimum atomic E-state index is -0.987. The molecular weight excluding hydrogens is 257 g/mol. The number of aliphatic hydroxyl groups is 1. The fourth-order valence-electron chi connectivity index (χ4n) is 2.58. The van der Waals surface area contributed by atoms with E-state index < -0.39 is 11.9 Å². The van der Waals surface area contributed by atoms with Crippen molar-refractivity contribution in [3.8, 4) is 5.75 Å². The van der Waals surface area contributed by atoms with E-state index in [1.54, 1.807) is 6.07 Å². The molecule has 3 nitrogen and oxygen atoms in total. The van der Waals surface area contributed by atoms with Gasteiger partial charge < -0.3 is 15.6 Å². The van der Waals surface area contributed by atoms with Crippen molar-refractivity contribution in [3.05, 3.63) is 58.9 Å². The first kappa shape index (κ1) is 12.9. The Hall–Kier alpha value is -2.07. The normalized spacial score (nSPS) is 15.3. The maximum atomic E-state index is 13.4. The van der Waals surface area contributed by atoms with Crippen molar-refractivity contribution in [3.63, 3.8) is 0 Å². The van der Waals surface area contributed by atoms with E-state index in [2.05, 4.69) is 0 Å². The van der Waals surface area contributed by atoms with E-state index in [0.29, 0.717) is 29.2 Å². The van der Waals surface area contributed by atoms with Crippen LogP contribution in [0.15, 0.2) is 36.4 Å². The Bertz CT molecular complexity index is 642. The molecule has 0 radical (unpaired) electrons. The first-order valence-corrected chi connectivity index (χ1v) is 6.64. The third-order valence-corrected chi connectivity index (χ3v) is 3.60. The van der Waals surface area contributed by atoms with E-state index in [9.17, 15) is 9.50 Å². The average molecular weight is 273 g/mol. The monoisotopic (exact) mass is 273 g/mol. The molecule has 0 aromatic heterocycles. The summed E-state index contributed by atoms with van der Waals surface area (Å²) in [5.74, 6) is 0.286. The average Bonchev–Trinajstić information content (AvgIpc) is 2.48. The number of ether oxygens (including phenoxy) is 1. The van der Waals surface area contributed by atoms with Crippen LogP contribution in [0.4, 0.5) is 10.1 Å². The van der Waals surface area contributed by atoms with Crippen molar-refractivity contribution in [2.24, 2.45) is 0 Å². The molecule has 0 saturated carbocycles. The molecule has 1 heterocycles. The minimum absolute atomic E-state index is 0.368. The first-order valence-electron chi connectivity index (χ1n) is 6.64. The van der Waals surface area contributed by atoms with Crippen LogP contribution in [0, 0.1) is 5.82 Å². The van der Waals surface area contributed by atoms with Gasteiger partial charge in [0.15, 0.2) is 0 Å². The number of hydrogen-bond acceptors (Lipinski definition) is 3. The number of hydrogen-bond donors (Lipinski definition) is 2. The molecule has 0 bridgehead atoms. The second kappa shape index (κ2) is 5.13. The Morgan fingerprint density at radius 1 is 1.20 bits per heavy atom. The van der Waals surface area contributed by atoms with Crippen molar-refractivity contribution < 1.29 is 14.2 Å². The van der Waals surface area contributed by atoms with Crippen LogP contribution in [-0.4, -0.2) is 11.7 Å². The molecule has 1 aliphatic heterocycles. The summed E-state index contributed by atoms with van der Waals surface area (Å²) in [4.78, 5) is 0. The summed E-state index contributed by atoms with van der Waals surface area (Å²) in [5, 5.41) is 10.5. The van der Waals surface area contributed by atoms with Crippen LogP contribution in [0.5, 0.6) is 5.75 Å². The van der Waals surface area contributed by atoms with E-state index in [1.165, 1.54) is 18.2 Å². The molecule has 20 heavy (non-hydrogen) atoms. The van der Waals surface area contributed by atoms with Crippen LogP contribution in [0.3, 0.4) is 0 Å². The highest BCUT2D eigenvalue weighted by Gasteiger charge is 2.22. The van der Waals surface area contributed by atoms with Crippen LogP contribution >= 0.6 is 0 Å². The minimum Gasteiger partial charge on any atom is -0.493 e. The largest absolute Gasteiger partial charge is 0.493 e. The van der Waals surface area contributed by atoms with Gasteiger partial charge in [0, 0.05) is 16.8 Å². The third-order valence-electron chi connectivity index (χ3n) is 3.60. The molecule has 0 saturated heterocycles. The lowest BCUT2D eigenvalue weighted by Crippen LogP contribution is -2.13. The van der Waals surface area contributed by atoms with E-state index in [1.807, 2.05) is 12.1 Å². The number of halogens is 1. The van der Waals surface area contributed by atoms with E-state index in [4.69, 9.17) is 10.5 Å². The quantitative estimate of drug-likeness (QED) is 0.827. The molecule has 1 unspecified atom stereocenters. The molecule has 2 aromatic rings. The van der Waals surface area contributed by atoms with Gasteiger partial charge in [-0.3, -0.25) is 0 Å². The van der Waals surface area contributed by atoms with Gasteiger partial charge in [-0.15, -0.1) is 0 Å². The molecule has 0 aliphatic carbocycles. The first-order chi connectivity index (χ1) is 9.66. The third kappa shape index (κ3) is 2.23. The molecule has 4 heteroatoms. The lowest BCUT2D eigenvalue weighted by Gasteiger charge is -2.23. The zero-order valence-electron chi connectivity index (χ0n) is 11.0. The van der Waals surface area contributed by atoms with Gasteiger partial charge in [-0.05, 0) is 36.6 Å². The van der Waals surface area contributed by atoms with Gasteiger partial charge in [-0.2, -0.15) is 0 Å². The standard InChI is InChI=1S/C16H16FNO2/c17-11-6-7-14(18)13(9-11)15(19)12-5-1-3-10-4-2-8-20-16(10)12/h1,3,5-7,9,15,19H,2,4,8,18H2. The highest BCUT2D eigenvalue weighted by molar-refractivity contribution is 5.54. The van der Waals surface area contributed by atoms with Gasteiger partial charge in [0.05, 0.1) is 6.61 Å². The molecule has 3 N–H and O–H groups in total. The second-order valence-electron chi connectivity index (χ2n) is 4.96. The summed E-state index contributed by atoms with van der Waals surface area (Å²) in [5.41, 5.74) is 8.28. The van der Waals surface area contributed by atoms with Crippen LogP contribution in [0.1, 0.15) is 29.2 Å². The topological polar surface area (TPSA) is 55.5 Å². The number of nitrogens with two attached hydrogens (primary N) is 1. The lowest BCUT2D eigenvalue weighted by atomic mass is 9.95. The number of rotatable bonds is 2. The van der Waals surface area contributed by atoms with Crippen LogP contribution in [0.25, 0.3) is 0 Å². The lowest BCUT2D eigenvalue weighted by molar-refractivity contribution is 0.207. The van der Waals surface area contributed by atoms with Gasteiger partial charge in [-0.25, -0.2) is 4.39 Å². The highest BCUT2D eigenvalue weighted by atomic mass is 19.1. The Labute approximate surface area is 116 Å². The molecule has 3 rings (SSSR count). The molecule has 0 amide bonds. The molecule has 0 fully saturated rings. The number of aryl methyl sites for hydroxylation is 1. The summed E-state index contributed by atoms with van der Waals surface area (Å²) in [6, 6.07) is 9.66. The fraction of sp³-hybridized carbons (Fsp3) is 0.250. The zero-order chi connectivity index (χ0) is 14.1. The van der Waals surface area contributed by atoms with E-state index in [-0.39, 0.29) is 0 Å². The van der Waals surface area contributed by atoms with Crippen molar-refractivity contribution in [1.82, 2.24) is 0 Å². The molecular formula is C16H16FNO2. The number of nitrogen functional groups attached to an aromatic ring is 1. The summed E-state index contributed by atoms with van der Waals surface area (Å²) < 4.78 is 19.0. The Morgan fingerprint density at radius 2 is 2.05 bits per heavy atom. The van der Waals surface area contributed by atoms with Crippen LogP contribution < -0.4 is 10.5 Å². The maximum absolute atomic E-state index is 13.4.